The van der Waals surface area contributed by atoms with Crippen LogP contribution in [0.3, 0.4) is 0 Å². The first-order chi connectivity index (χ1) is 13.1. The number of hydrogen-bond donors (Lipinski definition) is 1. The SMILES string of the molecule is C[NH+]1CCN(c2nc(-c3ccc(F)cc3)nnc2-c2ccc(Cl)cc2)CC1. The second-order valence-electron chi connectivity index (χ2n) is 6.77. The lowest BCUT2D eigenvalue weighted by molar-refractivity contribution is -0.880. The Hall–Kier alpha value is -2.57. The molecule has 0 saturated carbocycles. The summed E-state index contributed by atoms with van der Waals surface area (Å²) in [5, 5.41) is 9.45. The van der Waals surface area contributed by atoms with Crippen LogP contribution in [0.5, 0.6) is 0 Å². The molecule has 1 aliphatic rings. The zero-order valence-electron chi connectivity index (χ0n) is 15.0. The third-order valence-corrected chi connectivity index (χ3v) is 5.06. The summed E-state index contributed by atoms with van der Waals surface area (Å²) >= 11 is 6.03. The van der Waals surface area contributed by atoms with Crippen molar-refractivity contribution in [1.29, 1.82) is 0 Å². The summed E-state index contributed by atoms with van der Waals surface area (Å²) < 4.78 is 13.2. The van der Waals surface area contributed by atoms with E-state index in [9.17, 15) is 4.39 Å². The van der Waals surface area contributed by atoms with Gasteiger partial charge in [-0.1, -0.05) is 23.7 Å². The second-order valence-corrected chi connectivity index (χ2v) is 7.20. The minimum Gasteiger partial charge on any atom is -0.343 e. The number of aromatic nitrogens is 3. The van der Waals surface area contributed by atoms with E-state index < -0.39 is 0 Å². The van der Waals surface area contributed by atoms with Gasteiger partial charge in [-0.2, -0.15) is 0 Å². The van der Waals surface area contributed by atoms with E-state index in [0.29, 0.717) is 10.8 Å². The van der Waals surface area contributed by atoms with E-state index in [1.54, 1.807) is 12.1 Å². The van der Waals surface area contributed by atoms with Gasteiger partial charge in [-0.15, -0.1) is 10.2 Å². The highest BCUT2D eigenvalue weighted by Crippen LogP contribution is 2.29. The van der Waals surface area contributed by atoms with E-state index in [2.05, 4.69) is 22.1 Å². The first-order valence-corrected chi connectivity index (χ1v) is 9.31. The van der Waals surface area contributed by atoms with Crippen molar-refractivity contribution in [2.75, 3.05) is 38.1 Å². The highest BCUT2D eigenvalue weighted by atomic mass is 35.5. The van der Waals surface area contributed by atoms with E-state index >= 15 is 0 Å². The molecule has 0 aliphatic carbocycles. The number of hydrogen-bond acceptors (Lipinski definition) is 4. The van der Waals surface area contributed by atoms with Crippen LogP contribution in [0.4, 0.5) is 10.2 Å². The van der Waals surface area contributed by atoms with Crippen molar-refractivity contribution in [3.63, 3.8) is 0 Å². The Bertz CT molecular complexity index is 922. The molecule has 3 aromatic rings. The van der Waals surface area contributed by atoms with E-state index in [1.807, 2.05) is 24.3 Å². The lowest BCUT2D eigenvalue weighted by Crippen LogP contribution is -3.12. The first-order valence-electron chi connectivity index (χ1n) is 8.93. The van der Waals surface area contributed by atoms with Crippen molar-refractivity contribution in [2.24, 2.45) is 0 Å². The zero-order valence-corrected chi connectivity index (χ0v) is 15.7. The molecule has 0 unspecified atom stereocenters. The number of benzene rings is 2. The Morgan fingerprint density at radius 1 is 0.926 bits per heavy atom. The molecule has 0 atom stereocenters. The molecule has 2 heterocycles. The van der Waals surface area contributed by atoms with E-state index in [1.165, 1.54) is 17.0 Å². The van der Waals surface area contributed by atoms with Crippen LogP contribution in [0.25, 0.3) is 22.6 Å². The molecular formula is C20H20ClFN5+. The van der Waals surface area contributed by atoms with Gasteiger partial charge in [-0.3, -0.25) is 0 Å². The fraction of sp³-hybridized carbons (Fsp3) is 0.250. The number of halogens is 2. The Morgan fingerprint density at radius 2 is 1.56 bits per heavy atom. The van der Waals surface area contributed by atoms with Crippen LogP contribution in [-0.4, -0.2) is 48.4 Å². The van der Waals surface area contributed by atoms with Gasteiger partial charge in [0.05, 0.1) is 33.2 Å². The minimum absolute atomic E-state index is 0.285. The molecule has 0 radical (unpaired) electrons. The minimum atomic E-state index is -0.285. The van der Waals surface area contributed by atoms with Crippen LogP contribution in [0.15, 0.2) is 48.5 Å². The normalized spacial score (nSPS) is 15.1. The quantitative estimate of drug-likeness (QED) is 0.753. The Morgan fingerprint density at radius 3 is 2.22 bits per heavy atom. The first kappa shape index (κ1) is 17.8. The Balaban J connectivity index is 1.78. The average Bonchev–Trinajstić information content (AvgIpc) is 2.69. The zero-order chi connectivity index (χ0) is 18.8. The molecule has 7 heteroatoms. The summed E-state index contributed by atoms with van der Waals surface area (Å²) in [7, 11) is 2.19. The highest BCUT2D eigenvalue weighted by molar-refractivity contribution is 6.30. The molecule has 1 fully saturated rings. The molecule has 2 aromatic carbocycles. The topological polar surface area (TPSA) is 46.4 Å². The van der Waals surface area contributed by atoms with Gasteiger partial charge in [0.2, 0.25) is 0 Å². The van der Waals surface area contributed by atoms with Crippen LogP contribution in [0, 0.1) is 5.82 Å². The van der Waals surface area contributed by atoms with Crippen LogP contribution < -0.4 is 9.80 Å². The Kier molecular flexibility index (Phi) is 5.01. The maximum atomic E-state index is 13.2. The summed E-state index contributed by atoms with van der Waals surface area (Å²) in [5.41, 5.74) is 2.40. The molecule has 0 amide bonds. The maximum absolute atomic E-state index is 13.2. The third-order valence-electron chi connectivity index (χ3n) is 4.80. The number of rotatable bonds is 3. The molecule has 27 heavy (non-hydrogen) atoms. The number of quaternary nitrogens is 1. The van der Waals surface area contributed by atoms with Crippen molar-refractivity contribution in [3.05, 3.63) is 59.4 Å². The molecule has 5 nitrogen and oxygen atoms in total. The smallest absolute Gasteiger partial charge is 0.183 e. The van der Waals surface area contributed by atoms with Crippen LogP contribution in [0.1, 0.15) is 0 Å². The second kappa shape index (κ2) is 7.58. The fourth-order valence-corrected chi connectivity index (χ4v) is 3.28. The summed E-state index contributed by atoms with van der Waals surface area (Å²) in [6, 6.07) is 13.7. The van der Waals surface area contributed by atoms with Crippen molar-refractivity contribution in [3.8, 4) is 22.6 Å². The molecule has 1 N–H and O–H groups in total. The fourth-order valence-electron chi connectivity index (χ4n) is 3.15. The molecule has 1 saturated heterocycles. The van der Waals surface area contributed by atoms with Gasteiger partial charge >= 0.3 is 0 Å². The predicted molar refractivity (Wildman–Crippen MR) is 105 cm³/mol. The van der Waals surface area contributed by atoms with Crippen LogP contribution in [-0.2, 0) is 0 Å². The van der Waals surface area contributed by atoms with Gasteiger partial charge in [-0.05, 0) is 36.4 Å². The van der Waals surface area contributed by atoms with Crippen molar-refractivity contribution in [2.45, 2.75) is 0 Å². The lowest BCUT2D eigenvalue weighted by Gasteiger charge is -2.31. The van der Waals surface area contributed by atoms with Gasteiger partial charge in [0.15, 0.2) is 11.6 Å². The van der Waals surface area contributed by atoms with E-state index in [4.69, 9.17) is 16.6 Å². The highest BCUT2D eigenvalue weighted by Gasteiger charge is 2.23. The molecule has 0 spiro atoms. The third kappa shape index (κ3) is 3.91. The number of anilines is 1. The predicted octanol–water partition coefficient (Wildman–Crippen LogP) is 2.33. The standard InChI is InChI=1S/C20H19ClFN5/c1-26-10-12-27(13-11-26)20-18(14-2-6-16(21)7-3-14)24-25-19(23-20)15-4-8-17(22)9-5-15/h2-9H,10-13H2,1H3/p+1. The van der Waals surface area contributed by atoms with Crippen molar-refractivity contribution >= 4 is 17.4 Å². The number of likely N-dealkylation sites (N-methyl/N-ethyl adjacent to an activating group) is 1. The molecule has 0 bridgehead atoms. The number of nitrogens with zero attached hydrogens (tertiary/aromatic N) is 4. The lowest BCUT2D eigenvalue weighted by atomic mass is 10.1. The van der Waals surface area contributed by atoms with Gasteiger partial charge in [-0.25, -0.2) is 9.37 Å². The monoisotopic (exact) mass is 384 g/mol. The maximum Gasteiger partial charge on any atom is 0.183 e. The molecular weight excluding hydrogens is 365 g/mol. The van der Waals surface area contributed by atoms with Crippen LogP contribution >= 0.6 is 11.6 Å². The molecule has 138 valence electrons. The van der Waals surface area contributed by atoms with Crippen LogP contribution in [0.2, 0.25) is 5.02 Å². The van der Waals surface area contributed by atoms with Gasteiger partial charge in [0, 0.05) is 16.1 Å². The summed E-state index contributed by atoms with van der Waals surface area (Å²) in [6.07, 6.45) is 0. The summed E-state index contributed by atoms with van der Waals surface area (Å²) in [4.78, 5) is 8.56. The summed E-state index contributed by atoms with van der Waals surface area (Å²) in [6.45, 7) is 3.87. The average molecular weight is 385 g/mol. The molecule has 4 rings (SSSR count). The van der Waals surface area contributed by atoms with Crippen molar-refractivity contribution in [1.82, 2.24) is 15.2 Å². The van der Waals surface area contributed by atoms with Gasteiger partial charge < -0.3 is 9.80 Å². The van der Waals surface area contributed by atoms with E-state index in [-0.39, 0.29) is 5.82 Å². The molecule has 1 aromatic heterocycles. The molecule has 1 aliphatic heterocycles. The summed E-state index contributed by atoms with van der Waals surface area (Å²) in [5.74, 6) is 1.01. The largest absolute Gasteiger partial charge is 0.343 e. The van der Waals surface area contributed by atoms with Gasteiger partial charge in [0.1, 0.15) is 11.5 Å². The van der Waals surface area contributed by atoms with Crippen molar-refractivity contribution < 1.29 is 9.29 Å². The Labute approximate surface area is 162 Å². The number of piperazine rings is 1. The van der Waals surface area contributed by atoms with E-state index in [0.717, 1.165) is 48.8 Å². The number of nitrogens with one attached hydrogen (secondary N) is 1. The van der Waals surface area contributed by atoms with Gasteiger partial charge in [0.25, 0.3) is 0 Å².